The van der Waals surface area contributed by atoms with Crippen LogP contribution in [0, 0.1) is 5.92 Å². The first kappa shape index (κ1) is 9.61. The molecule has 1 rings (SSSR count). The van der Waals surface area contributed by atoms with Crippen LogP contribution in [0.3, 0.4) is 0 Å². The van der Waals surface area contributed by atoms with Crippen LogP contribution in [0.5, 0.6) is 0 Å². The first-order valence-electron chi connectivity index (χ1n) is 3.79. The fraction of sp³-hybridized carbons (Fsp3) is 0.750. The maximum absolute atomic E-state index is 13.0. The molecule has 0 radical (unpaired) electrons. The van der Waals surface area contributed by atoms with Crippen LogP contribution in [-0.4, -0.2) is 28.3 Å². The Labute approximate surface area is 69.5 Å². The van der Waals surface area contributed by atoms with Crippen LogP contribution in [0.25, 0.3) is 0 Å². The lowest BCUT2D eigenvalue weighted by molar-refractivity contribution is -0.169. The van der Waals surface area contributed by atoms with Crippen LogP contribution >= 0.6 is 0 Å². The summed E-state index contributed by atoms with van der Waals surface area (Å²) in [5, 5.41) is 18.1. The predicted octanol–water partition coefficient (Wildman–Crippen LogP) is 0.940. The van der Waals surface area contributed by atoms with Gasteiger partial charge in [-0.25, -0.2) is 8.78 Å². The molecule has 0 amide bonds. The summed E-state index contributed by atoms with van der Waals surface area (Å²) in [5.41, 5.74) is 0.404. The van der Waals surface area contributed by atoms with E-state index in [0.717, 1.165) is 0 Å². The summed E-state index contributed by atoms with van der Waals surface area (Å²) in [6.45, 7) is 2.85. The van der Waals surface area contributed by atoms with Crippen LogP contribution in [0.4, 0.5) is 8.78 Å². The molecule has 0 unspecified atom stereocenters. The Bertz CT molecular complexity index is 213. The molecule has 0 aromatic carbocycles. The standard InChI is InChI=1S/C8H12F2O2/c1-4-3-5(2)8(9,10)7(12)6(4)11/h3,5-7,11-12H,1-2H3/t5-,6-,7-/m0/s1. The summed E-state index contributed by atoms with van der Waals surface area (Å²) in [7, 11) is 0. The molecule has 0 bridgehead atoms. The van der Waals surface area contributed by atoms with Crippen LogP contribution in [-0.2, 0) is 0 Å². The van der Waals surface area contributed by atoms with E-state index in [0.29, 0.717) is 5.57 Å². The smallest absolute Gasteiger partial charge is 0.282 e. The van der Waals surface area contributed by atoms with E-state index >= 15 is 0 Å². The highest BCUT2D eigenvalue weighted by Crippen LogP contribution is 2.37. The normalized spacial score (nSPS) is 40.8. The number of allylic oxidation sites excluding steroid dienone is 1. The highest BCUT2D eigenvalue weighted by atomic mass is 19.3. The van der Waals surface area contributed by atoms with E-state index in [1.165, 1.54) is 19.9 Å². The third kappa shape index (κ3) is 1.25. The average molecular weight is 178 g/mol. The molecule has 2 N–H and O–H groups in total. The average Bonchev–Trinajstić information content (AvgIpc) is 1.99. The van der Waals surface area contributed by atoms with Crippen molar-refractivity contribution < 1.29 is 19.0 Å². The number of aliphatic hydroxyl groups is 2. The lowest BCUT2D eigenvalue weighted by atomic mass is 9.84. The molecule has 0 saturated heterocycles. The van der Waals surface area contributed by atoms with E-state index in [1.807, 2.05) is 0 Å². The summed E-state index contributed by atoms with van der Waals surface area (Å²) in [4.78, 5) is 0. The molecule has 1 aliphatic rings. The molecule has 0 spiro atoms. The second kappa shape index (κ2) is 2.78. The maximum Gasteiger partial charge on any atom is 0.282 e. The molecule has 0 aromatic rings. The summed E-state index contributed by atoms with van der Waals surface area (Å²) in [5.74, 6) is -4.24. The van der Waals surface area contributed by atoms with Gasteiger partial charge in [-0.1, -0.05) is 13.0 Å². The van der Waals surface area contributed by atoms with Crippen molar-refractivity contribution >= 4 is 0 Å². The number of halogens is 2. The van der Waals surface area contributed by atoms with E-state index in [-0.39, 0.29) is 0 Å². The van der Waals surface area contributed by atoms with Crippen LogP contribution in [0.1, 0.15) is 13.8 Å². The minimum Gasteiger partial charge on any atom is -0.386 e. The van der Waals surface area contributed by atoms with E-state index in [4.69, 9.17) is 10.2 Å². The zero-order valence-corrected chi connectivity index (χ0v) is 6.96. The Kier molecular flexibility index (Phi) is 2.23. The Hall–Kier alpha value is -0.480. The fourth-order valence-corrected chi connectivity index (χ4v) is 1.33. The minimum absolute atomic E-state index is 0.404. The van der Waals surface area contributed by atoms with Gasteiger partial charge in [-0.05, 0) is 12.5 Å². The lowest BCUT2D eigenvalue weighted by Crippen LogP contribution is -2.50. The quantitative estimate of drug-likeness (QED) is 0.542. The molecule has 2 nitrogen and oxygen atoms in total. The summed E-state index contributed by atoms with van der Waals surface area (Å²) >= 11 is 0. The van der Waals surface area contributed by atoms with Crippen molar-refractivity contribution in [3.63, 3.8) is 0 Å². The number of hydrogen-bond donors (Lipinski definition) is 2. The van der Waals surface area contributed by atoms with Gasteiger partial charge in [-0.3, -0.25) is 0 Å². The summed E-state index contributed by atoms with van der Waals surface area (Å²) in [6.07, 6.45) is -2.12. The van der Waals surface area contributed by atoms with Crippen molar-refractivity contribution in [2.45, 2.75) is 32.0 Å². The molecule has 12 heavy (non-hydrogen) atoms. The van der Waals surface area contributed by atoms with Gasteiger partial charge >= 0.3 is 0 Å². The molecule has 0 aliphatic heterocycles. The van der Waals surface area contributed by atoms with Gasteiger partial charge in [0.25, 0.3) is 5.92 Å². The highest BCUT2D eigenvalue weighted by molar-refractivity contribution is 5.18. The Balaban J connectivity index is 2.99. The predicted molar refractivity (Wildman–Crippen MR) is 39.9 cm³/mol. The Morgan fingerprint density at radius 3 is 2.42 bits per heavy atom. The molecule has 70 valence electrons. The second-order valence-corrected chi connectivity index (χ2v) is 3.26. The Morgan fingerprint density at radius 1 is 1.42 bits per heavy atom. The van der Waals surface area contributed by atoms with Gasteiger partial charge in [0.05, 0.1) is 0 Å². The van der Waals surface area contributed by atoms with Crippen molar-refractivity contribution in [3.05, 3.63) is 11.6 Å². The van der Waals surface area contributed by atoms with E-state index in [2.05, 4.69) is 0 Å². The third-order valence-corrected chi connectivity index (χ3v) is 2.28. The van der Waals surface area contributed by atoms with Crippen molar-refractivity contribution in [2.75, 3.05) is 0 Å². The molecular weight excluding hydrogens is 166 g/mol. The summed E-state index contributed by atoms with van der Waals surface area (Å²) in [6, 6.07) is 0. The van der Waals surface area contributed by atoms with E-state index < -0.39 is 24.0 Å². The largest absolute Gasteiger partial charge is 0.386 e. The zero-order valence-electron chi connectivity index (χ0n) is 6.96. The molecule has 1 aliphatic carbocycles. The molecular formula is C8H12F2O2. The van der Waals surface area contributed by atoms with Gasteiger partial charge in [0.1, 0.15) is 12.2 Å². The van der Waals surface area contributed by atoms with Gasteiger partial charge in [-0.15, -0.1) is 0 Å². The first-order chi connectivity index (χ1) is 5.37. The second-order valence-electron chi connectivity index (χ2n) is 3.26. The molecule has 0 aromatic heterocycles. The van der Waals surface area contributed by atoms with Crippen molar-refractivity contribution in [2.24, 2.45) is 5.92 Å². The number of hydrogen-bond acceptors (Lipinski definition) is 2. The molecule has 0 heterocycles. The molecule has 3 atom stereocenters. The maximum atomic E-state index is 13.0. The number of aliphatic hydroxyl groups excluding tert-OH is 2. The van der Waals surface area contributed by atoms with Gasteiger partial charge in [-0.2, -0.15) is 0 Å². The van der Waals surface area contributed by atoms with Gasteiger partial charge in [0.2, 0.25) is 0 Å². The van der Waals surface area contributed by atoms with Crippen LogP contribution in [0.2, 0.25) is 0 Å². The lowest BCUT2D eigenvalue weighted by Gasteiger charge is -2.34. The minimum atomic E-state index is -3.22. The number of rotatable bonds is 0. The van der Waals surface area contributed by atoms with Crippen LogP contribution in [0.15, 0.2) is 11.6 Å². The van der Waals surface area contributed by atoms with Gasteiger partial charge in [0, 0.05) is 5.92 Å². The zero-order chi connectivity index (χ0) is 9.52. The third-order valence-electron chi connectivity index (χ3n) is 2.28. The Morgan fingerprint density at radius 2 is 1.92 bits per heavy atom. The van der Waals surface area contributed by atoms with Gasteiger partial charge < -0.3 is 10.2 Å². The van der Waals surface area contributed by atoms with E-state index in [9.17, 15) is 8.78 Å². The fourth-order valence-electron chi connectivity index (χ4n) is 1.33. The van der Waals surface area contributed by atoms with Gasteiger partial charge in [0.15, 0.2) is 0 Å². The topological polar surface area (TPSA) is 40.5 Å². The van der Waals surface area contributed by atoms with E-state index in [1.54, 1.807) is 0 Å². The molecule has 0 saturated carbocycles. The number of alkyl halides is 2. The highest BCUT2D eigenvalue weighted by Gasteiger charge is 2.49. The van der Waals surface area contributed by atoms with Crippen molar-refractivity contribution in [3.8, 4) is 0 Å². The van der Waals surface area contributed by atoms with Crippen LogP contribution < -0.4 is 0 Å². The molecule has 4 heteroatoms. The monoisotopic (exact) mass is 178 g/mol. The SMILES string of the molecule is CC1=C[C@H](C)C(F)(F)[C@@H](O)[C@H]1O. The first-order valence-corrected chi connectivity index (χ1v) is 3.79. The van der Waals surface area contributed by atoms with Crippen molar-refractivity contribution in [1.29, 1.82) is 0 Å². The summed E-state index contributed by atoms with van der Waals surface area (Å²) < 4.78 is 25.9. The van der Waals surface area contributed by atoms with Crippen molar-refractivity contribution in [1.82, 2.24) is 0 Å². The molecule has 0 fully saturated rings.